The molecule has 1 aromatic carbocycles. The molecule has 5 aromatic rings. The zero-order chi connectivity index (χ0) is 66.2. The van der Waals surface area contributed by atoms with Gasteiger partial charge < -0.3 is 66.0 Å². The summed E-state index contributed by atoms with van der Waals surface area (Å²) >= 11 is 9.29. The third-order valence-corrected chi connectivity index (χ3v) is 17.7. The highest BCUT2D eigenvalue weighted by atomic mass is 32.7. The van der Waals surface area contributed by atoms with E-state index in [4.69, 9.17) is 60.3 Å². The molecule has 9 amide bonds. The summed E-state index contributed by atoms with van der Waals surface area (Å²) in [6.07, 6.45) is -8.48. The Bertz CT molecular complexity index is 3710. The Morgan fingerprint density at radius 3 is 2.11 bits per heavy atom. The number of fused-ring (bicyclic) bond motifs is 4. The first-order chi connectivity index (χ1) is 43.8. The first kappa shape index (κ1) is 68.4. The van der Waals surface area contributed by atoms with Gasteiger partial charge in [-0.25, -0.2) is 57.6 Å². The average Bonchev–Trinajstić information content (AvgIpc) is 1.63. The maximum Gasteiger partial charge on any atom is 0.412 e. The molecule has 9 rings (SSSR count). The number of urea groups is 1. The second-order valence-electron chi connectivity index (χ2n) is 21.3. The lowest BCUT2D eigenvalue weighted by atomic mass is 10.0. The summed E-state index contributed by atoms with van der Waals surface area (Å²) in [6.45, 7) is -7.81. The molecule has 3 fully saturated rings. The van der Waals surface area contributed by atoms with Crippen molar-refractivity contribution in [3.05, 3.63) is 67.3 Å². The number of primary amides is 1. The highest BCUT2D eigenvalue weighted by Gasteiger charge is 2.54. The molecule has 2 unspecified atom stereocenters. The fraction of sp³-hybridized carbons (Fsp3) is 0.490. The molecule has 0 saturated carbocycles. The van der Waals surface area contributed by atoms with Crippen molar-refractivity contribution in [3.63, 3.8) is 0 Å². The lowest BCUT2D eigenvalue weighted by Crippen LogP contribution is -2.54. The number of carbonyl (C=O) groups is 8. The standard InChI is InChI=1S/C51H63F2N17O18P2S2/c1-25(2)36(65-31(71)13-15-68-32(72)11-12-33(68)73)46(75)64-28(6-4-5-14-56-49(55)76)45(74)63-27-9-7-26(8-10-27)18-82-51(78)67(3)16-17-81-50(77)66-42-38-44(60-22-58-42)70(24-62-38)48-35(53)40-30(86-48)20-84-89(79,91)87-39-29(19-83-90(80,92)88-40)85-47(34(39)52)69-23-61-37-41(54)57-21-59-43(37)69/h7-12,21-25,28-30,34-36,39-40,47-48H,4-6,13-20H2,1-3H3,(H,63,74)(H,64,75)(H,65,71)(H,79,91)(H,80,92)(H2,54,57,59)(H3,55,56,76)(H,58,60,66,77)/t28-,29+,30+,34+,35+,36-,39+,40+,47+,48+,89?,90?/m0/s1. The van der Waals surface area contributed by atoms with Crippen molar-refractivity contribution in [2.24, 2.45) is 11.7 Å². The molecule has 0 radical (unpaired) electrons. The Labute approximate surface area is 530 Å². The van der Waals surface area contributed by atoms with Crippen LogP contribution in [-0.4, -0.2) is 197 Å². The minimum atomic E-state index is -4.57. The molecule has 92 heavy (non-hydrogen) atoms. The molecule has 0 bridgehead atoms. The molecular formula is C51H63F2N17O18P2S2. The number of hydrogen-bond donors (Lipinski definition) is 9. The van der Waals surface area contributed by atoms with Crippen molar-refractivity contribution < 1.29 is 93.6 Å². The van der Waals surface area contributed by atoms with Gasteiger partial charge in [0.05, 0.1) is 32.4 Å². The van der Waals surface area contributed by atoms with Gasteiger partial charge in [-0.05, 0) is 54.7 Å². The number of nitrogen functional groups attached to an aromatic ring is 1. The molecule has 496 valence electrons. The number of rotatable bonds is 22. The number of thiol groups is 1. The number of ether oxygens (including phenoxy) is 4. The summed E-state index contributed by atoms with van der Waals surface area (Å²) in [4.78, 5) is 139. The van der Waals surface area contributed by atoms with E-state index in [9.17, 15) is 47.8 Å². The van der Waals surface area contributed by atoms with Gasteiger partial charge in [-0.1, -0.05) is 38.2 Å². The first-order valence-corrected chi connectivity index (χ1v) is 33.4. The second kappa shape index (κ2) is 29.8. The van der Waals surface area contributed by atoms with E-state index >= 15 is 8.78 Å². The summed E-state index contributed by atoms with van der Waals surface area (Å²) in [5.41, 5.74) is 12.0. The summed E-state index contributed by atoms with van der Waals surface area (Å²) < 4.78 is 93.9. The topological polar surface area (TPSA) is 454 Å². The number of aromatic nitrogens is 8. The smallest absolute Gasteiger partial charge is 0.412 e. The van der Waals surface area contributed by atoms with Gasteiger partial charge in [0, 0.05) is 44.4 Å². The van der Waals surface area contributed by atoms with Crippen LogP contribution in [-0.2, 0) is 84.0 Å². The number of imidazole rings is 2. The fourth-order valence-electron chi connectivity index (χ4n) is 9.77. The lowest BCUT2D eigenvalue weighted by Gasteiger charge is -2.29. The van der Waals surface area contributed by atoms with Crippen LogP contribution in [0.2, 0.25) is 0 Å². The van der Waals surface area contributed by atoms with Gasteiger partial charge >= 0.3 is 31.7 Å². The van der Waals surface area contributed by atoms with E-state index in [-0.39, 0.29) is 79.7 Å². The van der Waals surface area contributed by atoms with Crippen molar-refractivity contribution in [3.8, 4) is 0 Å². The number of halogens is 2. The Morgan fingerprint density at radius 2 is 1.46 bits per heavy atom. The maximum absolute atomic E-state index is 16.7. The van der Waals surface area contributed by atoms with E-state index in [1.165, 1.54) is 30.1 Å². The zero-order valence-corrected chi connectivity index (χ0v) is 52.4. The van der Waals surface area contributed by atoms with Crippen LogP contribution >= 0.6 is 25.8 Å². The Hall–Kier alpha value is -7.97. The number of alkyl halides is 2. The molecule has 35 nitrogen and oxygen atoms in total. The third kappa shape index (κ3) is 16.8. The predicted molar refractivity (Wildman–Crippen MR) is 321 cm³/mol. The number of hydrogen-bond acceptors (Lipinski definition) is 25. The van der Waals surface area contributed by atoms with E-state index in [0.29, 0.717) is 24.1 Å². The summed E-state index contributed by atoms with van der Waals surface area (Å²) in [5.74, 6) is -3.62. The maximum atomic E-state index is 16.7. The average molecular weight is 1370 g/mol. The van der Waals surface area contributed by atoms with Crippen LogP contribution in [0.25, 0.3) is 22.3 Å². The van der Waals surface area contributed by atoms with E-state index in [0.717, 1.165) is 45.5 Å². The summed E-state index contributed by atoms with van der Waals surface area (Å²) in [7, 11) is 1.39. The minimum absolute atomic E-state index is 0.00748. The van der Waals surface area contributed by atoms with Gasteiger partial charge in [0.2, 0.25) is 17.7 Å². The van der Waals surface area contributed by atoms with E-state index in [1.54, 1.807) is 26.0 Å². The lowest BCUT2D eigenvalue weighted by molar-refractivity contribution is -0.137. The van der Waals surface area contributed by atoms with Gasteiger partial charge in [-0.3, -0.25) is 56.9 Å². The van der Waals surface area contributed by atoms with Crippen LogP contribution in [0.5, 0.6) is 0 Å². The molecule has 0 aliphatic carbocycles. The van der Waals surface area contributed by atoms with Crippen LogP contribution in [0, 0.1) is 5.92 Å². The van der Waals surface area contributed by atoms with Gasteiger partial charge in [-0.15, -0.1) is 0 Å². The number of imide groups is 1. The molecular weight excluding hydrogens is 1300 g/mol. The van der Waals surface area contributed by atoms with E-state index in [2.05, 4.69) is 68.7 Å². The van der Waals surface area contributed by atoms with Crippen molar-refractivity contribution in [1.82, 2.24) is 64.8 Å². The van der Waals surface area contributed by atoms with Gasteiger partial charge in [-0.2, -0.15) is 0 Å². The number of likely N-dealkylation sites (N-methyl/N-ethyl adjacent to an activating group) is 1. The number of unbranched alkanes of at least 4 members (excludes halogenated alkanes) is 1. The number of amides is 9. The first-order valence-electron chi connectivity index (χ1n) is 28.2. The van der Waals surface area contributed by atoms with Gasteiger partial charge in [0.15, 0.2) is 53.2 Å². The Balaban J connectivity index is 0.738. The Morgan fingerprint density at radius 1 is 0.837 bits per heavy atom. The molecule has 41 heteroatoms. The number of nitrogens with one attached hydrogen (secondary N) is 5. The van der Waals surface area contributed by atoms with Crippen LogP contribution in [0.3, 0.4) is 0 Å². The van der Waals surface area contributed by atoms with Gasteiger partial charge in [0.1, 0.15) is 67.9 Å². The van der Waals surface area contributed by atoms with Crippen LogP contribution in [0.1, 0.15) is 57.6 Å². The van der Waals surface area contributed by atoms with Gasteiger partial charge in [0.25, 0.3) is 11.8 Å². The number of nitrogens with two attached hydrogens (primary N) is 2. The zero-order valence-electron chi connectivity index (χ0n) is 48.9. The predicted octanol–water partition coefficient (Wildman–Crippen LogP) is 2.33. The molecule has 8 heterocycles. The molecule has 0 spiro atoms. The van der Waals surface area contributed by atoms with Crippen molar-refractivity contribution in [2.75, 3.05) is 62.9 Å². The molecule has 4 aromatic heterocycles. The van der Waals surface area contributed by atoms with Crippen LogP contribution < -0.4 is 38.1 Å². The molecule has 4 aliphatic heterocycles. The monoisotopic (exact) mass is 1370 g/mol. The SMILES string of the molecule is CC(C)[C@H](NC(=O)CCN1C(=O)C=CC1=O)C(=O)N[C@@H](CCCCNC(N)=O)C(=O)Nc1ccc(COC(=O)N(C)CCOC(=O)Nc2ncnc3c2ncn3[C@@H]2O[C@@H]3COP(O)(=S)O[C@H]4[C@@H](F)[C@H](n5cnc6c(N)ncnc65)O[C@@H]4COP(=O)(S)O[C@H]3[C@H]2F)cc1. The second-order valence-corrected chi connectivity index (χ2v) is 27.0. The number of benzene rings is 1. The molecule has 4 aliphatic rings. The quantitative estimate of drug-likeness (QED) is 0.0208. The molecule has 10 N–H and O–H groups in total. The molecule has 3 saturated heterocycles. The third-order valence-electron chi connectivity index (χ3n) is 14.5. The minimum Gasteiger partial charge on any atom is -0.447 e. The summed E-state index contributed by atoms with van der Waals surface area (Å²) in [5, 5.41) is 12.9. The van der Waals surface area contributed by atoms with Crippen molar-refractivity contribution in [1.29, 1.82) is 0 Å². The Kier molecular flexibility index (Phi) is 22.1. The van der Waals surface area contributed by atoms with E-state index in [1.807, 2.05) is 0 Å². The number of anilines is 3. The van der Waals surface area contributed by atoms with E-state index < -0.39 is 142 Å². The number of carbonyl (C=O) groups excluding carboxylic acids is 8. The number of nitrogens with zero attached hydrogens (tertiary/aromatic N) is 10. The van der Waals surface area contributed by atoms with Crippen LogP contribution in [0.15, 0.2) is 61.7 Å². The highest BCUT2D eigenvalue weighted by Crippen LogP contribution is 2.59. The fourth-order valence-corrected chi connectivity index (χ4v) is 12.7. The largest absolute Gasteiger partial charge is 0.447 e. The normalized spacial score (nSPS) is 25.5. The summed E-state index contributed by atoms with van der Waals surface area (Å²) in [6, 6.07) is 3.28. The van der Waals surface area contributed by atoms with Crippen molar-refractivity contribution >= 4 is 125 Å². The van der Waals surface area contributed by atoms with Crippen LogP contribution in [0.4, 0.5) is 40.5 Å². The molecule has 12 atom stereocenters. The van der Waals surface area contributed by atoms with Crippen molar-refractivity contribution in [2.45, 2.75) is 107 Å². The highest BCUT2D eigenvalue weighted by molar-refractivity contribution is 8.44.